The van der Waals surface area contributed by atoms with Gasteiger partial charge in [0.1, 0.15) is 5.82 Å². The van der Waals surface area contributed by atoms with Gasteiger partial charge in [0.05, 0.1) is 13.3 Å². The van der Waals surface area contributed by atoms with Crippen LogP contribution in [0.4, 0.5) is 17.6 Å². The first-order chi connectivity index (χ1) is 14.5. The maximum atomic E-state index is 14.8. The van der Waals surface area contributed by atoms with E-state index in [1.807, 2.05) is 24.3 Å². The van der Waals surface area contributed by atoms with Crippen LogP contribution in [0, 0.1) is 17.5 Å². The van der Waals surface area contributed by atoms with E-state index in [0.29, 0.717) is 24.0 Å². The van der Waals surface area contributed by atoms with E-state index in [9.17, 15) is 17.6 Å². The molecule has 0 heterocycles. The molecule has 156 valence electrons. The van der Waals surface area contributed by atoms with Gasteiger partial charge in [0.25, 0.3) is 0 Å². The van der Waals surface area contributed by atoms with Crippen LogP contribution in [0.1, 0.15) is 25.3 Å². The summed E-state index contributed by atoms with van der Waals surface area (Å²) >= 11 is 0. The summed E-state index contributed by atoms with van der Waals surface area (Å²) in [5.41, 5.74) is 2.16. The molecule has 0 atom stereocenters. The van der Waals surface area contributed by atoms with Gasteiger partial charge < -0.3 is 4.74 Å². The number of hydrogen-bond acceptors (Lipinski definition) is 1. The van der Waals surface area contributed by atoms with E-state index in [-0.39, 0.29) is 30.2 Å². The number of hydrogen-bond donors (Lipinski definition) is 0. The molecule has 3 rings (SSSR count). The fourth-order valence-electron chi connectivity index (χ4n) is 3.13. The maximum Gasteiger partial charge on any atom is 0.201 e. The average Bonchev–Trinajstić information content (AvgIpc) is 2.75. The molecule has 0 radical (unpaired) electrons. The summed E-state index contributed by atoms with van der Waals surface area (Å²) in [5.74, 6) is -2.87. The molecule has 0 aliphatic heterocycles. The van der Waals surface area contributed by atoms with Gasteiger partial charge in [-0.05, 0) is 54.7 Å². The lowest BCUT2D eigenvalue weighted by Gasteiger charge is -2.11. The van der Waals surface area contributed by atoms with Crippen LogP contribution in [0.2, 0.25) is 0 Å². The second-order valence-corrected chi connectivity index (χ2v) is 6.72. The van der Waals surface area contributed by atoms with Crippen LogP contribution in [0.5, 0.6) is 5.75 Å². The highest BCUT2D eigenvalue weighted by molar-refractivity contribution is 5.72. The van der Waals surface area contributed by atoms with Crippen molar-refractivity contribution in [3.05, 3.63) is 83.7 Å². The molecule has 3 aromatic carbocycles. The first kappa shape index (κ1) is 21.6. The Bertz CT molecular complexity index is 1030. The zero-order valence-corrected chi connectivity index (χ0v) is 16.6. The molecule has 5 heteroatoms. The van der Waals surface area contributed by atoms with Crippen molar-refractivity contribution in [2.24, 2.45) is 0 Å². The van der Waals surface area contributed by atoms with Crippen molar-refractivity contribution in [2.75, 3.05) is 13.3 Å². The number of alkyl halides is 1. The molecule has 0 saturated carbocycles. The molecule has 0 fully saturated rings. The summed E-state index contributed by atoms with van der Waals surface area (Å²) in [7, 11) is 0. The van der Waals surface area contributed by atoms with Gasteiger partial charge in [-0.3, -0.25) is 4.39 Å². The van der Waals surface area contributed by atoms with Crippen LogP contribution in [0.25, 0.3) is 28.3 Å². The molecule has 0 amide bonds. The van der Waals surface area contributed by atoms with Crippen LogP contribution >= 0.6 is 0 Å². The lowest BCUT2D eigenvalue weighted by Crippen LogP contribution is -1.99. The Hall–Kier alpha value is -3.08. The quantitative estimate of drug-likeness (QED) is 0.272. The van der Waals surface area contributed by atoms with Crippen molar-refractivity contribution in [2.45, 2.75) is 19.8 Å². The molecule has 0 N–H and O–H groups in total. The normalized spacial score (nSPS) is 11.2. The molecular formula is C25H22F4O. The van der Waals surface area contributed by atoms with Crippen molar-refractivity contribution in [1.29, 1.82) is 0 Å². The van der Waals surface area contributed by atoms with Crippen LogP contribution in [-0.4, -0.2) is 13.3 Å². The van der Waals surface area contributed by atoms with Crippen LogP contribution in [-0.2, 0) is 0 Å². The van der Waals surface area contributed by atoms with Crippen molar-refractivity contribution < 1.29 is 22.3 Å². The van der Waals surface area contributed by atoms with E-state index in [1.165, 1.54) is 18.2 Å². The fourth-order valence-corrected chi connectivity index (χ4v) is 3.13. The number of benzene rings is 3. The van der Waals surface area contributed by atoms with E-state index in [2.05, 4.69) is 0 Å². The highest BCUT2D eigenvalue weighted by atomic mass is 19.2. The Kier molecular flexibility index (Phi) is 7.28. The lowest BCUT2D eigenvalue weighted by atomic mass is 9.98. The number of allylic oxidation sites excluding steroid dienone is 1. The minimum Gasteiger partial charge on any atom is -0.491 e. The summed E-state index contributed by atoms with van der Waals surface area (Å²) in [6.07, 6.45) is 4.94. The Morgan fingerprint density at radius 1 is 0.833 bits per heavy atom. The number of unbranched alkanes of at least 4 members (excludes halogenated alkanes) is 1. The Balaban J connectivity index is 1.84. The summed E-state index contributed by atoms with van der Waals surface area (Å²) in [5, 5.41) is 0. The number of ether oxygens (including phenoxy) is 1. The third kappa shape index (κ3) is 4.90. The molecule has 1 nitrogen and oxygen atoms in total. The van der Waals surface area contributed by atoms with Crippen molar-refractivity contribution in [1.82, 2.24) is 0 Å². The van der Waals surface area contributed by atoms with Gasteiger partial charge >= 0.3 is 0 Å². The van der Waals surface area contributed by atoms with Crippen LogP contribution in [0.3, 0.4) is 0 Å². The van der Waals surface area contributed by atoms with Gasteiger partial charge in [0.15, 0.2) is 11.6 Å². The summed E-state index contributed by atoms with van der Waals surface area (Å²) in [6.45, 7) is 1.55. The molecular weight excluding hydrogens is 392 g/mol. The molecule has 0 aliphatic rings. The fraction of sp³-hybridized carbons (Fsp3) is 0.200. The topological polar surface area (TPSA) is 9.23 Å². The van der Waals surface area contributed by atoms with E-state index < -0.39 is 17.5 Å². The van der Waals surface area contributed by atoms with Gasteiger partial charge in [-0.15, -0.1) is 0 Å². The zero-order chi connectivity index (χ0) is 21.5. The van der Waals surface area contributed by atoms with Gasteiger partial charge in [-0.2, -0.15) is 4.39 Å². The predicted octanol–water partition coefficient (Wildman–Crippen LogP) is 7.60. The summed E-state index contributed by atoms with van der Waals surface area (Å²) < 4.78 is 60.5. The molecule has 0 saturated heterocycles. The standard InChI is InChI=1S/C25H22F4O/c1-2-30-23-14-13-21(24(28)25(23)29)19-11-12-20(22(27)16-19)18-9-7-17(8-10-18)6-4-3-5-15-26/h4,6-14,16H,2-3,5,15H2,1H3. The highest BCUT2D eigenvalue weighted by Crippen LogP contribution is 2.33. The van der Waals surface area contributed by atoms with E-state index in [4.69, 9.17) is 4.74 Å². The van der Waals surface area contributed by atoms with Gasteiger partial charge in [0, 0.05) is 11.1 Å². The van der Waals surface area contributed by atoms with Crippen molar-refractivity contribution >= 4 is 6.08 Å². The second kappa shape index (κ2) is 10.1. The third-order valence-electron chi connectivity index (χ3n) is 4.66. The average molecular weight is 414 g/mol. The number of rotatable bonds is 8. The molecule has 3 aromatic rings. The van der Waals surface area contributed by atoms with E-state index in [0.717, 1.165) is 5.56 Å². The Morgan fingerprint density at radius 2 is 1.53 bits per heavy atom. The molecule has 30 heavy (non-hydrogen) atoms. The first-order valence-electron chi connectivity index (χ1n) is 9.78. The molecule has 0 unspecified atom stereocenters. The van der Waals surface area contributed by atoms with Gasteiger partial charge in [0.2, 0.25) is 5.82 Å². The van der Waals surface area contributed by atoms with Crippen LogP contribution < -0.4 is 4.74 Å². The van der Waals surface area contributed by atoms with E-state index in [1.54, 1.807) is 31.2 Å². The van der Waals surface area contributed by atoms with E-state index >= 15 is 0 Å². The highest BCUT2D eigenvalue weighted by Gasteiger charge is 2.17. The smallest absolute Gasteiger partial charge is 0.201 e. The monoisotopic (exact) mass is 414 g/mol. The summed E-state index contributed by atoms with van der Waals surface area (Å²) in [6, 6.07) is 14.3. The largest absolute Gasteiger partial charge is 0.491 e. The Labute approximate surface area is 173 Å². The number of halogens is 4. The Morgan fingerprint density at radius 3 is 2.20 bits per heavy atom. The molecule has 0 spiro atoms. The minimum atomic E-state index is -1.09. The van der Waals surface area contributed by atoms with Crippen molar-refractivity contribution in [3.63, 3.8) is 0 Å². The minimum absolute atomic E-state index is 0.0323. The van der Waals surface area contributed by atoms with Crippen molar-refractivity contribution in [3.8, 4) is 28.0 Å². The van der Waals surface area contributed by atoms with Gasteiger partial charge in [-0.25, -0.2) is 8.78 Å². The van der Waals surface area contributed by atoms with Gasteiger partial charge in [-0.1, -0.05) is 48.6 Å². The predicted molar refractivity (Wildman–Crippen MR) is 113 cm³/mol. The third-order valence-corrected chi connectivity index (χ3v) is 4.66. The zero-order valence-electron chi connectivity index (χ0n) is 16.6. The second-order valence-electron chi connectivity index (χ2n) is 6.72. The SMILES string of the molecule is CCOc1ccc(-c2ccc(-c3ccc(C=CCCCF)cc3)c(F)c2)c(F)c1F. The molecule has 0 bridgehead atoms. The summed E-state index contributed by atoms with van der Waals surface area (Å²) in [4.78, 5) is 0. The van der Waals surface area contributed by atoms with Crippen LogP contribution in [0.15, 0.2) is 60.7 Å². The lowest BCUT2D eigenvalue weighted by molar-refractivity contribution is 0.314. The molecule has 0 aromatic heterocycles. The maximum absolute atomic E-state index is 14.8. The first-order valence-corrected chi connectivity index (χ1v) is 9.78. The molecule has 0 aliphatic carbocycles.